The molecule has 0 radical (unpaired) electrons. The van der Waals surface area contributed by atoms with Gasteiger partial charge in [-0.1, -0.05) is 11.6 Å². The van der Waals surface area contributed by atoms with Crippen molar-refractivity contribution in [1.29, 1.82) is 0 Å². The van der Waals surface area contributed by atoms with Gasteiger partial charge in [-0.25, -0.2) is 0 Å². The van der Waals surface area contributed by atoms with Gasteiger partial charge in [-0.2, -0.15) is 0 Å². The summed E-state index contributed by atoms with van der Waals surface area (Å²) < 4.78 is 0.849. The Morgan fingerprint density at radius 2 is 2.06 bits per heavy atom. The molecule has 0 atom stereocenters. The average Bonchev–Trinajstić information content (AvgIpc) is 2.71. The van der Waals surface area contributed by atoms with Gasteiger partial charge in [-0.05, 0) is 46.8 Å². The van der Waals surface area contributed by atoms with Crippen LogP contribution in [0.25, 0.3) is 0 Å². The minimum absolute atomic E-state index is 0.00748. The van der Waals surface area contributed by atoms with E-state index < -0.39 is 0 Å². The van der Waals surface area contributed by atoms with Crippen LogP contribution in [0.1, 0.15) is 25.0 Å². The summed E-state index contributed by atoms with van der Waals surface area (Å²) in [5.74, 6) is 0.00748. The third kappa shape index (κ3) is 2.12. The lowest BCUT2D eigenvalue weighted by Crippen LogP contribution is -1.96. The van der Waals surface area contributed by atoms with Gasteiger partial charge in [0.2, 0.25) is 5.78 Å². The summed E-state index contributed by atoms with van der Waals surface area (Å²) in [6.45, 7) is 3.89. The zero-order valence-electron chi connectivity index (χ0n) is 8.64. The minimum atomic E-state index is 0.00748. The number of carbonyl (C=O) groups excluding carboxylic acids is 1. The van der Waals surface area contributed by atoms with Gasteiger partial charge in [0.15, 0.2) is 0 Å². The largest absolute Gasteiger partial charge is 0.287 e. The van der Waals surface area contributed by atoms with Gasteiger partial charge in [0.05, 0.1) is 14.8 Å². The SMILES string of the molecule is Cc1cc(Br)c(C(=O)c2scc(C)c2Cl)s1. The molecule has 16 heavy (non-hydrogen) atoms. The normalized spacial score (nSPS) is 10.8. The third-order valence-corrected chi connectivity index (χ3v) is 5.75. The van der Waals surface area contributed by atoms with Crippen molar-refractivity contribution in [2.24, 2.45) is 0 Å². The van der Waals surface area contributed by atoms with Gasteiger partial charge < -0.3 is 0 Å². The van der Waals surface area contributed by atoms with E-state index in [2.05, 4.69) is 15.9 Å². The molecule has 2 aromatic heterocycles. The van der Waals surface area contributed by atoms with Gasteiger partial charge in [0.25, 0.3) is 0 Å². The van der Waals surface area contributed by atoms with E-state index in [9.17, 15) is 4.79 Å². The maximum atomic E-state index is 12.2. The second-order valence-corrected chi connectivity index (χ2v) is 6.79. The van der Waals surface area contributed by atoms with E-state index in [0.29, 0.717) is 9.90 Å². The zero-order valence-corrected chi connectivity index (χ0v) is 12.6. The molecule has 0 saturated carbocycles. The Morgan fingerprint density at radius 1 is 1.38 bits per heavy atom. The Morgan fingerprint density at radius 3 is 2.50 bits per heavy atom. The first-order chi connectivity index (χ1) is 7.50. The molecule has 2 heterocycles. The molecule has 1 nitrogen and oxygen atoms in total. The minimum Gasteiger partial charge on any atom is -0.287 e. The molecule has 2 rings (SSSR count). The van der Waals surface area contributed by atoms with E-state index in [-0.39, 0.29) is 5.78 Å². The van der Waals surface area contributed by atoms with Crippen LogP contribution in [0.5, 0.6) is 0 Å². The lowest BCUT2D eigenvalue weighted by atomic mass is 10.2. The Balaban J connectivity index is 2.47. The second kappa shape index (κ2) is 4.61. The number of hydrogen-bond donors (Lipinski definition) is 0. The number of halogens is 2. The van der Waals surface area contributed by atoms with Crippen molar-refractivity contribution in [1.82, 2.24) is 0 Å². The molecule has 0 N–H and O–H groups in total. The van der Waals surface area contributed by atoms with Crippen LogP contribution < -0.4 is 0 Å². The fraction of sp³-hybridized carbons (Fsp3) is 0.182. The first kappa shape index (κ1) is 12.3. The smallest absolute Gasteiger partial charge is 0.215 e. The quantitative estimate of drug-likeness (QED) is 0.700. The Kier molecular flexibility index (Phi) is 3.54. The first-order valence-electron chi connectivity index (χ1n) is 4.55. The molecule has 0 spiro atoms. The highest BCUT2D eigenvalue weighted by Gasteiger charge is 2.20. The summed E-state index contributed by atoms with van der Waals surface area (Å²) in [7, 11) is 0. The summed E-state index contributed by atoms with van der Waals surface area (Å²) >= 11 is 12.4. The molecule has 0 aliphatic heterocycles. The van der Waals surface area contributed by atoms with Crippen LogP contribution >= 0.6 is 50.2 Å². The van der Waals surface area contributed by atoms with Gasteiger partial charge >= 0.3 is 0 Å². The molecular weight excluding hydrogens is 328 g/mol. The number of hydrogen-bond acceptors (Lipinski definition) is 3. The molecule has 0 aromatic carbocycles. The maximum absolute atomic E-state index is 12.2. The number of carbonyl (C=O) groups is 1. The molecule has 0 fully saturated rings. The highest BCUT2D eigenvalue weighted by Crippen LogP contribution is 2.34. The number of thiophene rings is 2. The van der Waals surface area contributed by atoms with Crippen molar-refractivity contribution in [2.45, 2.75) is 13.8 Å². The summed E-state index contributed by atoms with van der Waals surface area (Å²) in [6, 6.07) is 1.95. The Bertz CT molecular complexity index is 552. The molecular formula is C11H8BrClOS2. The molecule has 0 amide bonds. The highest BCUT2D eigenvalue weighted by atomic mass is 79.9. The topological polar surface area (TPSA) is 17.1 Å². The predicted octanol–water partition coefficient (Wildman–Crippen LogP) is 5.07. The second-order valence-electron chi connectivity index (χ2n) is 3.43. The Hall–Kier alpha value is -0.160. The van der Waals surface area contributed by atoms with E-state index in [1.165, 1.54) is 22.7 Å². The van der Waals surface area contributed by atoms with Crippen LogP contribution in [-0.2, 0) is 0 Å². The Labute approximate surface area is 115 Å². The summed E-state index contributed by atoms with van der Waals surface area (Å²) in [4.78, 5) is 14.7. The average molecular weight is 336 g/mol. The molecule has 0 bridgehead atoms. The lowest BCUT2D eigenvalue weighted by molar-refractivity contribution is 0.104. The fourth-order valence-corrected chi connectivity index (χ4v) is 4.38. The molecule has 5 heteroatoms. The van der Waals surface area contributed by atoms with Crippen molar-refractivity contribution in [3.63, 3.8) is 0 Å². The van der Waals surface area contributed by atoms with E-state index >= 15 is 0 Å². The molecule has 84 valence electrons. The van der Waals surface area contributed by atoms with E-state index in [1.54, 1.807) is 0 Å². The van der Waals surface area contributed by atoms with Crippen molar-refractivity contribution in [2.75, 3.05) is 0 Å². The summed E-state index contributed by atoms with van der Waals surface area (Å²) in [5, 5.41) is 2.48. The van der Waals surface area contributed by atoms with Crippen LogP contribution in [0.4, 0.5) is 0 Å². The first-order valence-corrected chi connectivity index (χ1v) is 7.41. The molecule has 0 saturated heterocycles. The van der Waals surface area contributed by atoms with Gasteiger partial charge in [-0.15, -0.1) is 22.7 Å². The summed E-state index contributed by atoms with van der Waals surface area (Å²) in [6.07, 6.45) is 0. The predicted molar refractivity (Wildman–Crippen MR) is 74.3 cm³/mol. The monoisotopic (exact) mass is 334 g/mol. The molecule has 2 aromatic rings. The van der Waals surface area contributed by atoms with Gasteiger partial charge in [0.1, 0.15) is 0 Å². The van der Waals surface area contributed by atoms with Crippen LogP contribution in [0, 0.1) is 13.8 Å². The van der Waals surface area contributed by atoms with Crippen LogP contribution in [-0.4, -0.2) is 5.78 Å². The van der Waals surface area contributed by atoms with Crippen molar-refractivity contribution >= 4 is 56.0 Å². The van der Waals surface area contributed by atoms with Crippen molar-refractivity contribution < 1.29 is 4.79 Å². The maximum Gasteiger partial charge on any atom is 0.215 e. The summed E-state index contributed by atoms with van der Waals surface area (Å²) in [5.41, 5.74) is 0.958. The van der Waals surface area contributed by atoms with E-state index in [1.807, 2.05) is 25.3 Å². The van der Waals surface area contributed by atoms with E-state index in [4.69, 9.17) is 11.6 Å². The van der Waals surface area contributed by atoms with Gasteiger partial charge in [-0.3, -0.25) is 4.79 Å². The van der Waals surface area contributed by atoms with Gasteiger partial charge in [0, 0.05) is 9.35 Å². The molecule has 0 aliphatic rings. The molecule has 0 aliphatic carbocycles. The highest BCUT2D eigenvalue weighted by molar-refractivity contribution is 9.10. The molecule has 0 unspecified atom stereocenters. The van der Waals surface area contributed by atoms with Crippen molar-refractivity contribution in [3.8, 4) is 0 Å². The van der Waals surface area contributed by atoms with E-state index in [0.717, 1.165) is 19.8 Å². The third-order valence-electron chi connectivity index (χ3n) is 2.12. The number of ketones is 1. The standard InChI is InChI=1S/C11H8BrClOS2/c1-5-4-15-11(8(5)13)9(14)10-7(12)3-6(2)16-10/h3-4H,1-2H3. The van der Waals surface area contributed by atoms with Crippen LogP contribution in [0.2, 0.25) is 5.02 Å². The van der Waals surface area contributed by atoms with Crippen LogP contribution in [0.3, 0.4) is 0 Å². The number of aryl methyl sites for hydroxylation is 2. The fourth-order valence-electron chi connectivity index (χ4n) is 1.32. The lowest BCUT2D eigenvalue weighted by Gasteiger charge is -1.96. The van der Waals surface area contributed by atoms with Crippen LogP contribution in [0.15, 0.2) is 15.9 Å². The zero-order chi connectivity index (χ0) is 11.9. The number of rotatable bonds is 2. The van der Waals surface area contributed by atoms with Crippen molar-refractivity contribution in [3.05, 3.63) is 41.1 Å².